The van der Waals surface area contributed by atoms with Crippen LogP contribution in [0.3, 0.4) is 0 Å². The Morgan fingerprint density at radius 3 is 2.77 bits per heavy atom. The largest absolute Gasteiger partial charge is 0.353 e. The van der Waals surface area contributed by atoms with Crippen molar-refractivity contribution >= 4 is 29.0 Å². The molecule has 0 aliphatic heterocycles. The Labute approximate surface area is 164 Å². The van der Waals surface area contributed by atoms with E-state index >= 15 is 0 Å². The van der Waals surface area contributed by atoms with Crippen molar-refractivity contribution in [2.45, 2.75) is 76.5 Å². The topological polar surface area (TPSA) is 59.8 Å². The van der Waals surface area contributed by atoms with Crippen LogP contribution in [0.2, 0.25) is 0 Å². The highest BCUT2D eigenvalue weighted by molar-refractivity contribution is 7.99. The number of hydrogen-bond acceptors (Lipinski definition) is 5. The second-order valence-electron chi connectivity index (χ2n) is 7.13. The molecule has 1 amide bonds. The van der Waals surface area contributed by atoms with Crippen molar-refractivity contribution in [1.29, 1.82) is 0 Å². The molecular weight excluding hydrogens is 364 g/mol. The van der Waals surface area contributed by atoms with Crippen LogP contribution in [0.4, 0.5) is 0 Å². The SMILES string of the molecule is CCn1c(SCC(=O)NC2CCCCC2)nnc1-c1csc(C(C)C)c1. The Morgan fingerprint density at radius 2 is 2.12 bits per heavy atom. The summed E-state index contributed by atoms with van der Waals surface area (Å²) >= 11 is 3.24. The zero-order valence-corrected chi connectivity index (χ0v) is 17.5. The molecule has 1 saturated carbocycles. The fourth-order valence-electron chi connectivity index (χ4n) is 3.31. The van der Waals surface area contributed by atoms with E-state index in [1.165, 1.54) is 35.9 Å². The Bertz CT molecular complexity index is 732. The fourth-order valence-corrected chi connectivity index (χ4v) is 5.03. The first-order valence-corrected chi connectivity index (χ1v) is 11.4. The molecule has 2 aromatic rings. The monoisotopic (exact) mass is 392 g/mol. The third-order valence-corrected chi connectivity index (χ3v) is 6.98. The Kier molecular flexibility index (Phi) is 6.75. The summed E-state index contributed by atoms with van der Waals surface area (Å²) in [7, 11) is 0. The van der Waals surface area contributed by atoms with Gasteiger partial charge in [-0.1, -0.05) is 44.9 Å². The number of nitrogens with one attached hydrogen (secondary N) is 1. The number of thioether (sulfide) groups is 1. The molecule has 1 N–H and O–H groups in total. The second kappa shape index (κ2) is 9.04. The summed E-state index contributed by atoms with van der Waals surface area (Å²) in [4.78, 5) is 13.6. The zero-order chi connectivity index (χ0) is 18.5. The van der Waals surface area contributed by atoms with E-state index in [9.17, 15) is 4.79 Å². The first-order chi connectivity index (χ1) is 12.6. The van der Waals surface area contributed by atoms with Crippen LogP contribution < -0.4 is 5.32 Å². The number of hydrogen-bond donors (Lipinski definition) is 1. The molecule has 2 heterocycles. The molecule has 3 rings (SSSR count). The van der Waals surface area contributed by atoms with Gasteiger partial charge in [-0.3, -0.25) is 4.79 Å². The predicted molar refractivity (Wildman–Crippen MR) is 109 cm³/mol. The third kappa shape index (κ3) is 4.68. The molecule has 26 heavy (non-hydrogen) atoms. The summed E-state index contributed by atoms with van der Waals surface area (Å²) in [5, 5.41) is 14.9. The van der Waals surface area contributed by atoms with Crippen molar-refractivity contribution in [1.82, 2.24) is 20.1 Å². The lowest BCUT2D eigenvalue weighted by Gasteiger charge is -2.22. The quantitative estimate of drug-likeness (QED) is 0.694. The molecule has 0 unspecified atom stereocenters. The molecule has 7 heteroatoms. The van der Waals surface area contributed by atoms with Gasteiger partial charge in [0.25, 0.3) is 0 Å². The lowest BCUT2D eigenvalue weighted by molar-refractivity contribution is -0.119. The first-order valence-electron chi connectivity index (χ1n) is 9.52. The number of aromatic nitrogens is 3. The van der Waals surface area contributed by atoms with Gasteiger partial charge in [0, 0.05) is 28.4 Å². The van der Waals surface area contributed by atoms with E-state index in [1.54, 1.807) is 11.3 Å². The van der Waals surface area contributed by atoms with Gasteiger partial charge in [0.2, 0.25) is 5.91 Å². The molecule has 1 fully saturated rings. The van der Waals surface area contributed by atoms with Crippen molar-refractivity contribution < 1.29 is 4.79 Å². The standard InChI is InChI=1S/C19H28N4OS2/c1-4-23-18(14-10-16(13(2)3)25-11-14)21-22-19(23)26-12-17(24)20-15-8-6-5-7-9-15/h10-11,13,15H,4-9,12H2,1-3H3,(H,20,24). The van der Waals surface area contributed by atoms with E-state index in [2.05, 4.69) is 52.3 Å². The van der Waals surface area contributed by atoms with Gasteiger partial charge < -0.3 is 9.88 Å². The molecule has 1 aliphatic rings. The summed E-state index contributed by atoms with van der Waals surface area (Å²) in [6.07, 6.45) is 5.98. The van der Waals surface area contributed by atoms with Gasteiger partial charge in [-0.2, -0.15) is 0 Å². The number of carbonyl (C=O) groups excluding carboxylic acids is 1. The van der Waals surface area contributed by atoms with E-state index in [4.69, 9.17) is 0 Å². The molecule has 142 valence electrons. The second-order valence-corrected chi connectivity index (χ2v) is 9.02. The maximum absolute atomic E-state index is 12.3. The van der Waals surface area contributed by atoms with Crippen LogP contribution in [-0.2, 0) is 11.3 Å². The lowest BCUT2D eigenvalue weighted by Crippen LogP contribution is -2.37. The van der Waals surface area contributed by atoms with Crippen LogP contribution in [0.1, 0.15) is 63.7 Å². The predicted octanol–water partition coefficient (Wildman–Crippen LogP) is 4.69. The number of amides is 1. The van der Waals surface area contributed by atoms with E-state index < -0.39 is 0 Å². The molecule has 0 saturated heterocycles. The minimum atomic E-state index is 0.103. The lowest BCUT2D eigenvalue weighted by atomic mass is 9.95. The fraction of sp³-hybridized carbons (Fsp3) is 0.632. The van der Waals surface area contributed by atoms with E-state index in [-0.39, 0.29) is 5.91 Å². The van der Waals surface area contributed by atoms with E-state index in [0.717, 1.165) is 35.9 Å². The molecule has 0 atom stereocenters. The van der Waals surface area contributed by atoms with Gasteiger partial charge in [-0.25, -0.2) is 0 Å². The average molecular weight is 393 g/mol. The first kappa shape index (κ1) is 19.4. The van der Waals surface area contributed by atoms with E-state index in [1.807, 2.05) is 0 Å². The Balaban J connectivity index is 1.63. The normalized spacial score (nSPS) is 15.5. The third-order valence-electron chi connectivity index (χ3n) is 4.78. The highest BCUT2D eigenvalue weighted by atomic mass is 32.2. The van der Waals surface area contributed by atoms with Gasteiger partial charge >= 0.3 is 0 Å². The van der Waals surface area contributed by atoms with Crippen LogP contribution in [0.25, 0.3) is 11.4 Å². The number of nitrogens with zero attached hydrogens (tertiary/aromatic N) is 3. The van der Waals surface area contributed by atoms with Crippen molar-refractivity contribution in [3.8, 4) is 11.4 Å². The van der Waals surface area contributed by atoms with Crippen LogP contribution in [0, 0.1) is 0 Å². The van der Waals surface area contributed by atoms with Gasteiger partial charge in [0.1, 0.15) is 0 Å². The molecular formula is C19H28N4OS2. The number of carbonyl (C=O) groups is 1. The summed E-state index contributed by atoms with van der Waals surface area (Å²) in [5.74, 6) is 1.91. The van der Waals surface area contributed by atoms with Crippen molar-refractivity contribution in [3.05, 3.63) is 16.3 Å². The molecule has 0 spiro atoms. The smallest absolute Gasteiger partial charge is 0.230 e. The molecule has 0 aromatic carbocycles. The van der Waals surface area contributed by atoms with Crippen molar-refractivity contribution in [2.24, 2.45) is 0 Å². The molecule has 5 nitrogen and oxygen atoms in total. The highest BCUT2D eigenvalue weighted by Crippen LogP contribution is 2.31. The summed E-state index contributed by atoms with van der Waals surface area (Å²) in [6.45, 7) is 7.29. The summed E-state index contributed by atoms with van der Waals surface area (Å²) in [6, 6.07) is 2.56. The van der Waals surface area contributed by atoms with Gasteiger partial charge in [0.15, 0.2) is 11.0 Å². The number of thiophene rings is 1. The summed E-state index contributed by atoms with van der Waals surface area (Å²) in [5.41, 5.74) is 1.12. The highest BCUT2D eigenvalue weighted by Gasteiger charge is 2.18. The molecule has 0 bridgehead atoms. The van der Waals surface area contributed by atoms with Crippen LogP contribution in [-0.4, -0.2) is 32.5 Å². The minimum absolute atomic E-state index is 0.103. The molecule has 2 aromatic heterocycles. The van der Waals surface area contributed by atoms with Gasteiger partial charge in [-0.05, 0) is 31.7 Å². The average Bonchev–Trinajstić information content (AvgIpc) is 3.27. The maximum atomic E-state index is 12.3. The molecule has 0 radical (unpaired) electrons. The van der Waals surface area contributed by atoms with Crippen LogP contribution in [0.5, 0.6) is 0 Å². The number of rotatable bonds is 7. The van der Waals surface area contributed by atoms with Crippen molar-refractivity contribution in [2.75, 3.05) is 5.75 Å². The Morgan fingerprint density at radius 1 is 1.35 bits per heavy atom. The zero-order valence-electron chi connectivity index (χ0n) is 15.8. The van der Waals surface area contributed by atoms with Crippen molar-refractivity contribution in [3.63, 3.8) is 0 Å². The van der Waals surface area contributed by atoms with Crippen LogP contribution in [0.15, 0.2) is 16.6 Å². The van der Waals surface area contributed by atoms with Gasteiger partial charge in [-0.15, -0.1) is 21.5 Å². The summed E-state index contributed by atoms with van der Waals surface area (Å²) < 4.78 is 2.10. The minimum Gasteiger partial charge on any atom is -0.353 e. The van der Waals surface area contributed by atoms with Crippen LogP contribution >= 0.6 is 23.1 Å². The van der Waals surface area contributed by atoms with Gasteiger partial charge in [0.05, 0.1) is 5.75 Å². The molecule has 1 aliphatic carbocycles. The van der Waals surface area contributed by atoms with E-state index in [0.29, 0.717) is 17.7 Å². The maximum Gasteiger partial charge on any atom is 0.230 e. The Hall–Kier alpha value is -1.34.